The fraction of sp³-hybridized carbons (Fsp3) is 0.692. The summed E-state index contributed by atoms with van der Waals surface area (Å²) in [7, 11) is 0. The first kappa shape index (κ1) is 27.2. The highest BCUT2D eigenvalue weighted by Gasteiger charge is 2.21. The smallest absolute Gasteiger partial charge is 0.325 e. The van der Waals surface area contributed by atoms with E-state index in [2.05, 4.69) is 13.8 Å². The number of unbranched alkanes of at least 4 members (excludes halogenated alkanes) is 11. The van der Waals surface area contributed by atoms with Crippen LogP contribution in [0.5, 0.6) is 0 Å². The molecule has 0 saturated heterocycles. The van der Waals surface area contributed by atoms with Gasteiger partial charge in [0.25, 0.3) is 5.91 Å². The average Bonchev–Trinajstić information content (AvgIpc) is 2.76. The second kappa shape index (κ2) is 17.8. The van der Waals surface area contributed by atoms with E-state index in [4.69, 9.17) is 4.84 Å². The van der Waals surface area contributed by atoms with Crippen molar-refractivity contribution in [1.82, 2.24) is 5.06 Å². The first-order valence-electron chi connectivity index (χ1n) is 12.3. The molecule has 0 aliphatic carbocycles. The largest absolute Gasteiger partial charge is 0.480 e. The Hall–Kier alpha value is -1.88. The summed E-state index contributed by atoms with van der Waals surface area (Å²) in [4.78, 5) is 29.9. The molecule has 0 radical (unpaired) electrons. The van der Waals surface area contributed by atoms with Crippen LogP contribution >= 0.6 is 0 Å². The number of hydrogen-bond acceptors (Lipinski definition) is 3. The van der Waals surface area contributed by atoms with Crippen molar-refractivity contribution in [3.05, 3.63) is 35.4 Å². The molecule has 0 spiro atoms. The summed E-state index contributed by atoms with van der Waals surface area (Å²) in [6.07, 6.45) is 16.1. The maximum absolute atomic E-state index is 13.0. The van der Waals surface area contributed by atoms with E-state index in [1.165, 1.54) is 51.4 Å². The highest BCUT2D eigenvalue weighted by atomic mass is 16.7. The number of amides is 1. The monoisotopic (exact) mass is 433 g/mol. The zero-order valence-corrected chi connectivity index (χ0v) is 19.7. The molecule has 0 bridgehead atoms. The van der Waals surface area contributed by atoms with Crippen molar-refractivity contribution in [2.75, 3.05) is 13.2 Å². The van der Waals surface area contributed by atoms with Crippen molar-refractivity contribution in [2.45, 2.75) is 104 Å². The number of carbonyl (C=O) groups excluding carboxylic acids is 1. The van der Waals surface area contributed by atoms with Crippen molar-refractivity contribution in [1.29, 1.82) is 0 Å². The lowest BCUT2D eigenvalue weighted by Gasteiger charge is -2.21. The van der Waals surface area contributed by atoms with Crippen LogP contribution in [-0.4, -0.2) is 35.2 Å². The van der Waals surface area contributed by atoms with E-state index in [0.717, 1.165) is 49.2 Å². The van der Waals surface area contributed by atoms with Crippen molar-refractivity contribution < 1.29 is 19.5 Å². The molecule has 0 atom stereocenters. The van der Waals surface area contributed by atoms with Crippen LogP contribution < -0.4 is 0 Å². The number of aliphatic carboxylic acids is 1. The standard InChI is InChI=1S/C26H43NO4/c1-3-5-7-9-10-11-12-14-18-23-19-15-16-20-24(23)26(30)27(22-25(28)29)31-21-17-13-8-6-4-2/h15-16,19-20H,3-14,17-18,21-22H2,1-2H3,(H,28,29). The molecule has 0 saturated carbocycles. The molecule has 0 aromatic heterocycles. The average molecular weight is 434 g/mol. The van der Waals surface area contributed by atoms with Crippen LogP contribution in [0.2, 0.25) is 0 Å². The predicted octanol–water partition coefficient (Wildman–Crippen LogP) is 6.80. The van der Waals surface area contributed by atoms with Gasteiger partial charge in [0.05, 0.1) is 6.61 Å². The van der Waals surface area contributed by atoms with Gasteiger partial charge >= 0.3 is 5.97 Å². The molecular formula is C26H43NO4. The van der Waals surface area contributed by atoms with Gasteiger partial charge in [0, 0.05) is 5.56 Å². The van der Waals surface area contributed by atoms with Gasteiger partial charge < -0.3 is 5.11 Å². The number of hydroxylamine groups is 2. The molecule has 1 amide bonds. The highest BCUT2D eigenvalue weighted by Crippen LogP contribution is 2.17. The van der Waals surface area contributed by atoms with E-state index in [-0.39, 0.29) is 5.91 Å². The van der Waals surface area contributed by atoms with Crippen molar-refractivity contribution >= 4 is 11.9 Å². The number of carboxylic acid groups (broad SMARTS) is 1. The lowest BCUT2D eigenvalue weighted by Crippen LogP contribution is -2.36. The second-order valence-corrected chi connectivity index (χ2v) is 8.36. The molecular weight excluding hydrogens is 390 g/mol. The van der Waals surface area contributed by atoms with E-state index < -0.39 is 12.5 Å². The maximum atomic E-state index is 13.0. The van der Waals surface area contributed by atoms with Crippen molar-refractivity contribution in [2.24, 2.45) is 0 Å². The molecule has 5 heteroatoms. The van der Waals surface area contributed by atoms with Crippen LogP contribution in [0, 0.1) is 0 Å². The minimum atomic E-state index is -1.07. The Bertz CT molecular complexity index is 617. The zero-order valence-electron chi connectivity index (χ0n) is 19.7. The lowest BCUT2D eigenvalue weighted by atomic mass is 9.99. The molecule has 1 aromatic carbocycles. The summed E-state index contributed by atoms with van der Waals surface area (Å²) in [5, 5.41) is 10.2. The Kier molecular flexibility index (Phi) is 15.6. The third-order valence-electron chi connectivity index (χ3n) is 5.55. The molecule has 176 valence electrons. The molecule has 0 aliphatic heterocycles. The van der Waals surface area contributed by atoms with Gasteiger partial charge in [-0.3, -0.25) is 14.4 Å². The van der Waals surface area contributed by atoms with Gasteiger partial charge in [0.1, 0.15) is 6.54 Å². The minimum absolute atomic E-state index is 0.355. The van der Waals surface area contributed by atoms with Crippen molar-refractivity contribution in [3.8, 4) is 0 Å². The topological polar surface area (TPSA) is 66.8 Å². The number of carboxylic acids is 1. The molecule has 5 nitrogen and oxygen atoms in total. The van der Waals surface area contributed by atoms with Crippen LogP contribution in [0.4, 0.5) is 0 Å². The van der Waals surface area contributed by atoms with Crippen LogP contribution in [0.3, 0.4) is 0 Å². The SMILES string of the molecule is CCCCCCCCCCc1ccccc1C(=O)N(CC(=O)O)OCCCCCCC. The van der Waals surface area contributed by atoms with E-state index in [1.54, 1.807) is 6.07 Å². The third-order valence-corrected chi connectivity index (χ3v) is 5.55. The summed E-state index contributed by atoms with van der Waals surface area (Å²) < 4.78 is 0. The number of rotatable bonds is 19. The Balaban J connectivity index is 2.56. The number of benzene rings is 1. The first-order valence-corrected chi connectivity index (χ1v) is 12.3. The van der Waals surface area contributed by atoms with Crippen LogP contribution in [0.25, 0.3) is 0 Å². The molecule has 31 heavy (non-hydrogen) atoms. The molecule has 1 aromatic rings. The summed E-state index contributed by atoms with van der Waals surface area (Å²) in [5.74, 6) is -1.42. The van der Waals surface area contributed by atoms with Gasteiger partial charge in [0.15, 0.2) is 0 Å². The normalized spacial score (nSPS) is 10.9. The summed E-state index contributed by atoms with van der Waals surface area (Å²) in [6.45, 7) is 4.31. The Labute approximate surface area is 189 Å². The van der Waals surface area contributed by atoms with Crippen LogP contribution in [-0.2, 0) is 16.1 Å². The second-order valence-electron chi connectivity index (χ2n) is 8.36. The Morgan fingerprint density at radius 1 is 0.806 bits per heavy atom. The predicted molar refractivity (Wildman–Crippen MR) is 126 cm³/mol. The Morgan fingerprint density at radius 2 is 1.35 bits per heavy atom. The van der Waals surface area contributed by atoms with Gasteiger partial charge in [-0.1, -0.05) is 103 Å². The number of nitrogens with zero attached hydrogens (tertiary/aromatic N) is 1. The lowest BCUT2D eigenvalue weighted by molar-refractivity contribution is -0.158. The van der Waals surface area contributed by atoms with Gasteiger partial charge in [-0.15, -0.1) is 0 Å². The third kappa shape index (κ3) is 12.5. The highest BCUT2D eigenvalue weighted by molar-refractivity contribution is 5.96. The van der Waals surface area contributed by atoms with Crippen LogP contribution in [0.15, 0.2) is 24.3 Å². The molecule has 0 heterocycles. The van der Waals surface area contributed by atoms with E-state index in [1.807, 2.05) is 18.2 Å². The summed E-state index contributed by atoms with van der Waals surface area (Å²) in [5.41, 5.74) is 1.53. The van der Waals surface area contributed by atoms with Crippen molar-refractivity contribution in [3.63, 3.8) is 0 Å². The molecule has 0 fully saturated rings. The fourth-order valence-corrected chi connectivity index (χ4v) is 3.71. The summed E-state index contributed by atoms with van der Waals surface area (Å²) >= 11 is 0. The van der Waals surface area contributed by atoms with E-state index in [0.29, 0.717) is 12.2 Å². The molecule has 0 aliphatic rings. The van der Waals surface area contributed by atoms with Crippen LogP contribution in [0.1, 0.15) is 113 Å². The van der Waals surface area contributed by atoms with Gasteiger partial charge in [0.2, 0.25) is 0 Å². The first-order chi connectivity index (χ1) is 15.1. The summed E-state index contributed by atoms with van der Waals surface area (Å²) in [6, 6.07) is 7.52. The number of aryl methyl sites for hydroxylation is 1. The van der Waals surface area contributed by atoms with Gasteiger partial charge in [-0.2, -0.15) is 0 Å². The molecule has 1 N–H and O–H groups in total. The number of hydrogen-bond donors (Lipinski definition) is 1. The van der Waals surface area contributed by atoms with Gasteiger partial charge in [-0.25, -0.2) is 5.06 Å². The quantitative estimate of drug-likeness (QED) is 0.192. The maximum Gasteiger partial charge on any atom is 0.325 e. The molecule has 0 unspecified atom stereocenters. The number of carbonyl (C=O) groups is 2. The van der Waals surface area contributed by atoms with Gasteiger partial charge in [-0.05, 0) is 30.9 Å². The fourth-order valence-electron chi connectivity index (χ4n) is 3.71. The van der Waals surface area contributed by atoms with E-state index in [9.17, 15) is 14.7 Å². The molecule has 1 rings (SSSR count). The zero-order chi connectivity index (χ0) is 22.7. The Morgan fingerprint density at radius 3 is 1.97 bits per heavy atom. The minimum Gasteiger partial charge on any atom is -0.480 e. The van der Waals surface area contributed by atoms with E-state index >= 15 is 0 Å².